The van der Waals surface area contributed by atoms with Gasteiger partial charge in [-0.15, -0.1) is 0 Å². The van der Waals surface area contributed by atoms with Crippen LogP contribution in [0.2, 0.25) is 5.02 Å². The van der Waals surface area contributed by atoms with E-state index in [9.17, 15) is 27.2 Å². The van der Waals surface area contributed by atoms with Crippen LogP contribution in [0.4, 0.5) is 23.2 Å². The van der Waals surface area contributed by atoms with Crippen molar-refractivity contribution in [2.45, 2.75) is 25.9 Å². The van der Waals surface area contributed by atoms with E-state index in [4.69, 9.17) is 11.6 Å². The van der Waals surface area contributed by atoms with Crippen molar-refractivity contribution in [3.63, 3.8) is 0 Å². The first kappa shape index (κ1) is 22.6. The van der Waals surface area contributed by atoms with Gasteiger partial charge in [0, 0.05) is 35.1 Å². The molecule has 32 heavy (non-hydrogen) atoms. The molecule has 1 saturated carbocycles. The minimum absolute atomic E-state index is 0.117. The Morgan fingerprint density at radius 3 is 2.34 bits per heavy atom. The van der Waals surface area contributed by atoms with Crippen molar-refractivity contribution in [2.24, 2.45) is 17.3 Å². The molecule has 2 aliphatic rings. The van der Waals surface area contributed by atoms with Crippen molar-refractivity contribution >= 4 is 29.1 Å². The van der Waals surface area contributed by atoms with Crippen LogP contribution in [0.15, 0.2) is 42.5 Å². The molecule has 170 valence electrons. The summed E-state index contributed by atoms with van der Waals surface area (Å²) in [6, 6.07) is 8.73. The second-order valence-electron chi connectivity index (χ2n) is 8.80. The van der Waals surface area contributed by atoms with Gasteiger partial charge in [-0.3, -0.25) is 9.59 Å². The van der Waals surface area contributed by atoms with Crippen molar-refractivity contribution in [3.05, 3.63) is 64.4 Å². The highest BCUT2D eigenvalue weighted by Crippen LogP contribution is 2.54. The van der Waals surface area contributed by atoms with Crippen LogP contribution in [0, 0.1) is 23.1 Å². The lowest BCUT2D eigenvalue weighted by molar-refractivity contribution is -0.138. The van der Waals surface area contributed by atoms with Crippen molar-refractivity contribution in [1.82, 2.24) is 4.90 Å². The molecule has 1 N–H and O–H groups in total. The fraction of sp³-hybridized carbons (Fsp3) is 0.391. The van der Waals surface area contributed by atoms with Gasteiger partial charge in [0.1, 0.15) is 5.82 Å². The number of carbonyl (C=O) groups is 2. The summed E-state index contributed by atoms with van der Waals surface area (Å²) in [5.74, 6) is -1.95. The van der Waals surface area contributed by atoms with Gasteiger partial charge in [-0.1, -0.05) is 18.5 Å². The Kier molecular flexibility index (Phi) is 5.69. The van der Waals surface area contributed by atoms with E-state index < -0.39 is 29.0 Å². The monoisotopic (exact) mass is 468 g/mol. The van der Waals surface area contributed by atoms with E-state index in [1.54, 1.807) is 24.3 Å². The number of carbonyl (C=O) groups excluding carboxylic acids is 2. The quantitative estimate of drug-likeness (QED) is 0.592. The Labute approximate surface area is 187 Å². The topological polar surface area (TPSA) is 49.4 Å². The number of nitrogens with one attached hydrogen (secondary N) is 1. The van der Waals surface area contributed by atoms with Gasteiger partial charge in [0.05, 0.1) is 11.1 Å². The van der Waals surface area contributed by atoms with Gasteiger partial charge < -0.3 is 10.2 Å². The molecule has 2 aromatic rings. The molecule has 2 aromatic carbocycles. The lowest BCUT2D eigenvalue weighted by atomic mass is 9.54. The summed E-state index contributed by atoms with van der Waals surface area (Å²) in [5.41, 5.74) is -1.33. The third kappa shape index (κ3) is 4.33. The van der Waals surface area contributed by atoms with E-state index in [0.29, 0.717) is 54.8 Å². The fourth-order valence-electron chi connectivity index (χ4n) is 4.69. The second-order valence-corrected chi connectivity index (χ2v) is 9.24. The summed E-state index contributed by atoms with van der Waals surface area (Å²) >= 11 is 5.84. The van der Waals surface area contributed by atoms with Gasteiger partial charge in [0.25, 0.3) is 5.91 Å². The van der Waals surface area contributed by atoms with Crippen molar-refractivity contribution in [2.75, 3.05) is 18.4 Å². The summed E-state index contributed by atoms with van der Waals surface area (Å²) in [6.07, 6.45) is -3.32. The van der Waals surface area contributed by atoms with Gasteiger partial charge in [0.15, 0.2) is 0 Å². The van der Waals surface area contributed by atoms with Gasteiger partial charge in [-0.25, -0.2) is 4.39 Å². The molecule has 0 bridgehead atoms. The number of likely N-dealkylation sites (tertiary alicyclic amines) is 1. The number of alkyl halides is 3. The number of rotatable bonds is 4. The number of amides is 2. The first-order valence-corrected chi connectivity index (χ1v) is 10.6. The largest absolute Gasteiger partial charge is 0.417 e. The van der Waals surface area contributed by atoms with Crippen molar-refractivity contribution in [3.8, 4) is 0 Å². The number of anilines is 1. The average Bonchev–Trinajstić information content (AvgIpc) is 2.66. The number of halogens is 5. The highest BCUT2D eigenvalue weighted by Gasteiger charge is 2.55. The SMILES string of the molecule is C[C@@H](C(=O)Nc1ccc(Cl)cc1)C1CC2(C1)CN(C(=O)c1cc(F)ccc1C(F)(F)F)C2. The summed E-state index contributed by atoms with van der Waals surface area (Å²) in [4.78, 5) is 26.4. The van der Waals surface area contributed by atoms with Crippen molar-refractivity contribution in [1.29, 1.82) is 0 Å². The minimum atomic E-state index is -4.74. The van der Waals surface area contributed by atoms with Crippen LogP contribution < -0.4 is 5.32 Å². The molecule has 2 amide bonds. The zero-order chi connectivity index (χ0) is 23.3. The zero-order valence-corrected chi connectivity index (χ0v) is 17.9. The smallest absolute Gasteiger partial charge is 0.337 e. The van der Waals surface area contributed by atoms with Gasteiger partial charge in [-0.05, 0) is 61.2 Å². The summed E-state index contributed by atoms with van der Waals surface area (Å²) in [7, 11) is 0. The number of hydrogen-bond acceptors (Lipinski definition) is 2. The molecule has 4 nitrogen and oxygen atoms in total. The summed E-state index contributed by atoms with van der Waals surface area (Å²) in [5, 5.41) is 3.42. The van der Waals surface area contributed by atoms with Crippen LogP contribution in [0.1, 0.15) is 35.7 Å². The number of benzene rings is 2. The van der Waals surface area contributed by atoms with Crippen LogP contribution in [-0.4, -0.2) is 29.8 Å². The van der Waals surface area contributed by atoms with E-state index in [1.807, 2.05) is 6.92 Å². The summed E-state index contributed by atoms with van der Waals surface area (Å²) < 4.78 is 53.1. The lowest BCUT2D eigenvalue weighted by Gasteiger charge is -2.60. The van der Waals surface area contributed by atoms with Crippen LogP contribution in [0.5, 0.6) is 0 Å². The maximum Gasteiger partial charge on any atom is 0.417 e. The lowest BCUT2D eigenvalue weighted by Crippen LogP contribution is -2.64. The van der Waals surface area contributed by atoms with E-state index in [2.05, 4.69) is 5.32 Å². The second kappa shape index (κ2) is 8.06. The molecule has 1 aliphatic heterocycles. The maximum atomic E-state index is 13.5. The molecule has 0 aromatic heterocycles. The van der Waals surface area contributed by atoms with Gasteiger partial charge in [0.2, 0.25) is 5.91 Å². The Hall–Kier alpha value is -2.61. The third-order valence-electron chi connectivity index (χ3n) is 6.48. The number of hydrogen-bond donors (Lipinski definition) is 1. The molecule has 1 spiro atoms. The Bertz CT molecular complexity index is 1040. The first-order chi connectivity index (χ1) is 15.0. The van der Waals surface area contributed by atoms with Crippen LogP contribution in [0.25, 0.3) is 0 Å². The highest BCUT2D eigenvalue weighted by atomic mass is 35.5. The standard InChI is InChI=1S/C23H21ClF4N2O2/c1-13(20(31)29-17-5-2-15(24)3-6-17)14-9-22(10-14)11-30(12-22)21(32)18-8-16(25)4-7-19(18)23(26,27)28/h2-8,13-14H,9-12H2,1H3,(H,29,31)/t13-/m1/s1. The molecule has 1 aliphatic carbocycles. The number of nitrogens with zero attached hydrogens (tertiary/aromatic N) is 1. The van der Waals surface area contributed by atoms with E-state index in [0.717, 1.165) is 0 Å². The predicted molar refractivity (Wildman–Crippen MR) is 112 cm³/mol. The van der Waals surface area contributed by atoms with Gasteiger partial charge in [-0.2, -0.15) is 13.2 Å². The van der Waals surface area contributed by atoms with E-state index in [1.165, 1.54) is 4.90 Å². The van der Waals surface area contributed by atoms with E-state index in [-0.39, 0.29) is 23.2 Å². The Morgan fingerprint density at radius 2 is 1.75 bits per heavy atom. The molecule has 0 unspecified atom stereocenters. The minimum Gasteiger partial charge on any atom is -0.337 e. The van der Waals surface area contributed by atoms with Crippen LogP contribution >= 0.6 is 11.6 Å². The van der Waals surface area contributed by atoms with E-state index >= 15 is 0 Å². The molecule has 2 fully saturated rings. The molecule has 1 heterocycles. The normalized spacial score (nSPS) is 18.6. The van der Waals surface area contributed by atoms with Crippen LogP contribution in [-0.2, 0) is 11.0 Å². The Balaban J connectivity index is 1.33. The molecule has 4 rings (SSSR count). The molecular weight excluding hydrogens is 448 g/mol. The molecule has 0 radical (unpaired) electrons. The fourth-order valence-corrected chi connectivity index (χ4v) is 4.81. The average molecular weight is 469 g/mol. The first-order valence-electron chi connectivity index (χ1n) is 10.2. The van der Waals surface area contributed by atoms with Crippen molar-refractivity contribution < 1.29 is 27.2 Å². The zero-order valence-electron chi connectivity index (χ0n) is 17.2. The third-order valence-corrected chi connectivity index (χ3v) is 6.73. The predicted octanol–water partition coefficient (Wildman–Crippen LogP) is 5.62. The highest BCUT2D eigenvalue weighted by molar-refractivity contribution is 6.30. The summed E-state index contributed by atoms with van der Waals surface area (Å²) in [6.45, 7) is 2.45. The molecule has 1 atom stereocenters. The molecule has 1 saturated heterocycles. The maximum absolute atomic E-state index is 13.5. The van der Waals surface area contributed by atoms with Crippen LogP contribution in [0.3, 0.4) is 0 Å². The Morgan fingerprint density at radius 1 is 1.12 bits per heavy atom. The molecule has 9 heteroatoms. The van der Waals surface area contributed by atoms with Gasteiger partial charge >= 0.3 is 6.18 Å². The molecular formula is C23H21ClF4N2O2.